The summed E-state index contributed by atoms with van der Waals surface area (Å²) in [5.74, 6) is 1.15. The van der Waals surface area contributed by atoms with Gasteiger partial charge in [-0.1, -0.05) is 44.7 Å². The van der Waals surface area contributed by atoms with Crippen molar-refractivity contribution in [3.05, 3.63) is 29.8 Å². The predicted molar refractivity (Wildman–Crippen MR) is 98.5 cm³/mol. The zero-order chi connectivity index (χ0) is 17.2. The Bertz CT molecular complexity index is 496. The highest BCUT2D eigenvalue weighted by atomic mass is 16.5. The molecule has 0 bridgehead atoms. The molecule has 2 rings (SSSR count). The molecule has 0 spiro atoms. The monoisotopic (exact) mass is 332 g/mol. The first-order valence-electron chi connectivity index (χ1n) is 9.33. The molecule has 1 aliphatic carbocycles. The zero-order valence-electron chi connectivity index (χ0n) is 15.1. The third kappa shape index (κ3) is 6.52. The Morgan fingerprint density at radius 2 is 1.96 bits per heavy atom. The van der Waals surface area contributed by atoms with Crippen LogP contribution in [-0.4, -0.2) is 32.1 Å². The van der Waals surface area contributed by atoms with Gasteiger partial charge in [-0.2, -0.15) is 0 Å². The van der Waals surface area contributed by atoms with Crippen molar-refractivity contribution in [2.45, 2.75) is 63.8 Å². The number of rotatable bonds is 8. The SMILES string of the molecule is COc1cccc(C(C)CC(=O)NCCNC2CCCCCC2)c1. The van der Waals surface area contributed by atoms with Crippen LogP contribution < -0.4 is 15.4 Å². The van der Waals surface area contributed by atoms with Crippen LogP contribution in [0, 0.1) is 0 Å². The van der Waals surface area contributed by atoms with Gasteiger partial charge < -0.3 is 15.4 Å². The van der Waals surface area contributed by atoms with Crippen molar-refractivity contribution in [3.8, 4) is 5.75 Å². The Labute approximate surface area is 146 Å². The molecule has 1 atom stereocenters. The van der Waals surface area contributed by atoms with E-state index < -0.39 is 0 Å². The molecule has 1 amide bonds. The number of nitrogens with one attached hydrogen (secondary N) is 2. The van der Waals surface area contributed by atoms with Crippen molar-refractivity contribution in [3.63, 3.8) is 0 Å². The lowest BCUT2D eigenvalue weighted by molar-refractivity contribution is -0.121. The Morgan fingerprint density at radius 3 is 2.67 bits per heavy atom. The maximum Gasteiger partial charge on any atom is 0.220 e. The van der Waals surface area contributed by atoms with Gasteiger partial charge in [-0.3, -0.25) is 4.79 Å². The minimum atomic E-state index is 0.119. The molecule has 24 heavy (non-hydrogen) atoms. The number of hydrogen-bond acceptors (Lipinski definition) is 3. The molecular weight excluding hydrogens is 300 g/mol. The maximum atomic E-state index is 12.1. The molecule has 134 valence electrons. The molecular formula is C20H32N2O2. The van der Waals surface area contributed by atoms with Gasteiger partial charge in [0.05, 0.1) is 7.11 Å². The lowest BCUT2D eigenvalue weighted by Gasteiger charge is -2.17. The normalized spacial score (nSPS) is 17.1. The fourth-order valence-electron chi connectivity index (χ4n) is 3.38. The first-order valence-corrected chi connectivity index (χ1v) is 9.33. The van der Waals surface area contributed by atoms with Crippen molar-refractivity contribution in [2.24, 2.45) is 0 Å². The summed E-state index contributed by atoms with van der Waals surface area (Å²) in [6.07, 6.45) is 8.48. The van der Waals surface area contributed by atoms with E-state index in [-0.39, 0.29) is 11.8 Å². The second kappa shape index (κ2) is 10.3. The number of methoxy groups -OCH3 is 1. The Morgan fingerprint density at radius 1 is 1.21 bits per heavy atom. The van der Waals surface area contributed by atoms with Gasteiger partial charge in [-0.05, 0) is 36.5 Å². The molecule has 1 aromatic carbocycles. The van der Waals surface area contributed by atoms with Crippen molar-refractivity contribution < 1.29 is 9.53 Å². The van der Waals surface area contributed by atoms with Crippen LogP contribution in [0.15, 0.2) is 24.3 Å². The first kappa shape index (κ1) is 18.8. The molecule has 1 aromatic rings. The van der Waals surface area contributed by atoms with Crippen LogP contribution in [0.3, 0.4) is 0 Å². The molecule has 0 aromatic heterocycles. The smallest absolute Gasteiger partial charge is 0.220 e. The van der Waals surface area contributed by atoms with E-state index in [2.05, 4.69) is 17.6 Å². The van der Waals surface area contributed by atoms with E-state index in [9.17, 15) is 4.79 Å². The van der Waals surface area contributed by atoms with Crippen LogP contribution in [0.5, 0.6) is 5.75 Å². The third-order valence-electron chi connectivity index (χ3n) is 4.89. The van der Waals surface area contributed by atoms with Crippen molar-refractivity contribution in [1.82, 2.24) is 10.6 Å². The second-order valence-electron chi connectivity index (χ2n) is 6.87. The molecule has 4 heteroatoms. The van der Waals surface area contributed by atoms with Crippen molar-refractivity contribution in [2.75, 3.05) is 20.2 Å². The van der Waals surface area contributed by atoms with Crippen LogP contribution >= 0.6 is 0 Å². The standard InChI is InChI=1S/C20H32N2O2/c1-16(17-8-7-11-19(15-17)24-2)14-20(23)22-13-12-21-18-9-5-3-4-6-10-18/h7-8,11,15-16,18,21H,3-6,9-10,12-14H2,1-2H3,(H,22,23). The number of ether oxygens (including phenoxy) is 1. The largest absolute Gasteiger partial charge is 0.497 e. The number of carbonyl (C=O) groups excluding carboxylic acids is 1. The molecule has 2 N–H and O–H groups in total. The third-order valence-corrected chi connectivity index (χ3v) is 4.89. The summed E-state index contributed by atoms with van der Waals surface area (Å²) in [4.78, 5) is 12.1. The lowest BCUT2D eigenvalue weighted by atomic mass is 9.97. The highest BCUT2D eigenvalue weighted by molar-refractivity contribution is 5.76. The Kier molecular flexibility index (Phi) is 8.10. The average molecular weight is 332 g/mol. The first-order chi connectivity index (χ1) is 11.7. The highest BCUT2D eigenvalue weighted by Gasteiger charge is 2.13. The van der Waals surface area contributed by atoms with Crippen molar-refractivity contribution in [1.29, 1.82) is 0 Å². The fourth-order valence-corrected chi connectivity index (χ4v) is 3.38. The minimum Gasteiger partial charge on any atom is -0.497 e. The summed E-state index contributed by atoms with van der Waals surface area (Å²) in [6, 6.07) is 8.59. The van der Waals surface area contributed by atoms with Crippen LogP contribution in [0.25, 0.3) is 0 Å². The Hall–Kier alpha value is -1.55. The number of amides is 1. The van der Waals surface area contributed by atoms with Gasteiger partial charge in [0.2, 0.25) is 5.91 Å². The van der Waals surface area contributed by atoms with E-state index in [1.165, 1.54) is 38.5 Å². The maximum absolute atomic E-state index is 12.1. The molecule has 1 aliphatic rings. The van der Waals surface area contributed by atoms with E-state index in [0.29, 0.717) is 19.0 Å². The van der Waals surface area contributed by atoms with Crippen LogP contribution in [0.1, 0.15) is 63.4 Å². The number of benzene rings is 1. The van der Waals surface area contributed by atoms with Gasteiger partial charge in [0.25, 0.3) is 0 Å². The van der Waals surface area contributed by atoms with Gasteiger partial charge >= 0.3 is 0 Å². The summed E-state index contributed by atoms with van der Waals surface area (Å²) in [5.41, 5.74) is 1.14. The number of hydrogen-bond donors (Lipinski definition) is 2. The highest BCUT2D eigenvalue weighted by Crippen LogP contribution is 2.23. The predicted octanol–water partition coefficient (Wildman–Crippen LogP) is 3.62. The van der Waals surface area contributed by atoms with E-state index >= 15 is 0 Å². The van der Waals surface area contributed by atoms with E-state index in [1.54, 1.807) is 7.11 Å². The minimum absolute atomic E-state index is 0.119. The van der Waals surface area contributed by atoms with E-state index in [1.807, 2.05) is 24.3 Å². The van der Waals surface area contributed by atoms with Gasteiger partial charge in [0.15, 0.2) is 0 Å². The average Bonchev–Trinajstić information content (AvgIpc) is 2.87. The molecule has 0 heterocycles. The molecule has 0 saturated heterocycles. The van der Waals surface area contributed by atoms with Crippen LogP contribution in [0.2, 0.25) is 0 Å². The van der Waals surface area contributed by atoms with Crippen LogP contribution in [0.4, 0.5) is 0 Å². The summed E-state index contributed by atoms with van der Waals surface area (Å²) in [7, 11) is 1.66. The summed E-state index contributed by atoms with van der Waals surface area (Å²) < 4.78 is 5.25. The molecule has 1 fully saturated rings. The summed E-state index contributed by atoms with van der Waals surface area (Å²) in [5, 5.41) is 6.62. The van der Waals surface area contributed by atoms with Gasteiger partial charge in [-0.15, -0.1) is 0 Å². The fraction of sp³-hybridized carbons (Fsp3) is 0.650. The van der Waals surface area contributed by atoms with Crippen LogP contribution in [-0.2, 0) is 4.79 Å². The Balaban J connectivity index is 1.65. The zero-order valence-corrected chi connectivity index (χ0v) is 15.1. The lowest BCUT2D eigenvalue weighted by Crippen LogP contribution is -2.37. The molecule has 1 unspecified atom stereocenters. The van der Waals surface area contributed by atoms with Gasteiger partial charge in [0, 0.05) is 25.6 Å². The topological polar surface area (TPSA) is 50.4 Å². The summed E-state index contributed by atoms with van der Waals surface area (Å²) >= 11 is 0. The molecule has 0 radical (unpaired) electrons. The summed E-state index contributed by atoms with van der Waals surface area (Å²) in [6.45, 7) is 3.66. The van der Waals surface area contributed by atoms with Crippen molar-refractivity contribution >= 4 is 5.91 Å². The second-order valence-corrected chi connectivity index (χ2v) is 6.87. The van der Waals surface area contributed by atoms with E-state index in [0.717, 1.165) is 17.9 Å². The van der Waals surface area contributed by atoms with Gasteiger partial charge in [-0.25, -0.2) is 0 Å². The molecule has 1 saturated carbocycles. The molecule has 0 aliphatic heterocycles. The molecule has 4 nitrogen and oxygen atoms in total. The van der Waals surface area contributed by atoms with Gasteiger partial charge in [0.1, 0.15) is 5.75 Å². The van der Waals surface area contributed by atoms with E-state index in [4.69, 9.17) is 4.74 Å². The number of carbonyl (C=O) groups is 1. The quantitative estimate of drug-likeness (QED) is 0.565.